The fraction of sp³-hybridized carbons (Fsp3) is 0.696. The van der Waals surface area contributed by atoms with Crippen molar-refractivity contribution in [2.24, 2.45) is 5.92 Å². The maximum absolute atomic E-state index is 13.2. The molecule has 1 saturated carbocycles. The number of amides is 1. The Balaban J connectivity index is 1.44. The van der Waals surface area contributed by atoms with Crippen LogP contribution in [0.1, 0.15) is 63.4 Å². The highest BCUT2D eigenvalue weighted by Crippen LogP contribution is 2.48. The Kier molecular flexibility index (Phi) is 5.45. The summed E-state index contributed by atoms with van der Waals surface area (Å²) in [5.41, 5.74) is 1.93. The fourth-order valence-electron chi connectivity index (χ4n) is 5.56. The third-order valence-electron chi connectivity index (χ3n) is 7.25. The van der Waals surface area contributed by atoms with Crippen LogP contribution in [0.3, 0.4) is 0 Å². The van der Waals surface area contributed by atoms with E-state index in [0.717, 1.165) is 43.3 Å². The third-order valence-corrected chi connectivity index (χ3v) is 7.25. The van der Waals surface area contributed by atoms with Gasteiger partial charge in [-0.3, -0.25) is 4.79 Å². The van der Waals surface area contributed by atoms with Crippen LogP contribution < -0.4 is 9.64 Å². The van der Waals surface area contributed by atoms with E-state index in [0.29, 0.717) is 0 Å². The second-order valence-electron chi connectivity index (χ2n) is 8.84. The maximum Gasteiger partial charge on any atom is 0.237 e. The van der Waals surface area contributed by atoms with Crippen LogP contribution in [0.2, 0.25) is 0 Å². The number of rotatable bonds is 3. The standard InChI is InChI=1S/C23H34N2O2/c1-24-21-16-19(27-2)10-11-20(21)23(22(24)26)12-14-25(15-13-23)17-18-8-6-4-3-5-7-9-18/h10-11,16,18H,3-9,12-15,17H2,1-2H3. The second kappa shape index (κ2) is 7.83. The number of fused-ring (bicyclic) bond motifs is 2. The molecule has 2 aliphatic heterocycles. The van der Waals surface area contributed by atoms with E-state index in [-0.39, 0.29) is 11.3 Å². The van der Waals surface area contributed by atoms with E-state index in [9.17, 15) is 4.79 Å². The fourth-order valence-corrected chi connectivity index (χ4v) is 5.56. The van der Waals surface area contributed by atoms with E-state index < -0.39 is 0 Å². The van der Waals surface area contributed by atoms with Crippen LogP contribution in [0.15, 0.2) is 18.2 Å². The molecule has 1 spiro atoms. The predicted octanol–water partition coefficient (Wildman–Crippen LogP) is 4.37. The Morgan fingerprint density at radius 3 is 2.41 bits per heavy atom. The lowest BCUT2D eigenvalue weighted by Crippen LogP contribution is -2.49. The van der Waals surface area contributed by atoms with E-state index >= 15 is 0 Å². The molecule has 1 saturated heterocycles. The Hall–Kier alpha value is -1.55. The molecule has 0 unspecified atom stereocenters. The molecule has 3 aliphatic rings. The van der Waals surface area contributed by atoms with Crippen LogP contribution in [0.25, 0.3) is 0 Å². The van der Waals surface area contributed by atoms with Gasteiger partial charge in [0.25, 0.3) is 0 Å². The van der Waals surface area contributed by atoms with Crippen molar-refractivity contribution in [1.29, 1.82) is 0 Å². The SMILES string of the molecule is COc1ccc2c(c1)N(C)C(=O)C21CCN(CC2CCCCCCC2)CC1. The molecule has 0 aromatic heterocycles. The van der Waals surface area contributed by atoms with Gasteiger partial charge in [-0.15, -0.1) is 0 Å². The number of likely N-dealkylation sites (tertiary alicyclic amines) is 1. The molecular weight excluding hydrogens is 336 g/mol. The first-order valence-electron chi connectivity index (χ1n) is 10.8. The van der Waals surface area contributed by atoms with Gasteiger partial charge >= 0.3 is 0 Å². The Morgan fingerprint density at radius 2 is 1.74 bits per heavy atom. The van der Waals surface area contributed by atoms with Gasteiger partial charge < -0.3 is 14.5 Å². The summed E-state index contributed by atoms with van der Waals surface area (Å²) in [5, 5.41) is 0. The maximum atomic E-state index is 13.2. The number of carbonyl (C=O) groups is 1. The van der Waals surface area contributed by atoms with Crippen LogP contribution >= 0.6 is 0 Å². The second-order valence-corrected chi connectivity index (χ2v) is 8.84. The molecule has 4 rings (SSSR count). The van der Waals surface area contributed by atoms with Crippen molar-refractivity contribution in [3.05, 3.63) is 23.8 Å². The van der Waals surface area contributed by atoms with Gasteiger partial charge in [0.2, 0.25) is 5.91 Å². The van der Waals surface area contributed by atoms with Crippen LogP contribution in [0.4, 0.5) is 5.69 Å². The summed E-state index contributed by atoms with van der Waals surface area (Å²) in [6, 6.07) is 6.15. The zero-order valence-corrected chi connectivity index (χ0v) is 17.0. The highest BCUT2D eigenvalue weighted by atomic mass is 16.5. The number of hydrogen-bond donors (Lipinski definition) is 0. The summed E-state index contributed by atoms with van der Waals surface area (Å²) in [7, 11) is 3.60. The summed E-state index contributed by atoms with van der Waals surface area (Å²) in [6.07, 6.45) is 11.8. The number of methoxy groups -OCH3 is 1. The highest BCUT2D eigenvalue weighted by Gasteiger charge is 2.51. The molecule has 2 heterocycles. The number of ether oxygens (including phenoxy) is 1. The minimum absolute atomic E-state index is 0.274. The lowest BCUT2D eigenvalue weighted by atomic mass is 9.73. The molecule has 1 amide bonds. The van der Waals surface area contributed by atoms with Crippen molar-refractivity contribution in [2.45, 2.75) is 63.2 Å². The van der Waals surface area contributed by atoms with Crippen LogP contribution in [0.5, 0.6) is 5.75 Å². The summed E-state index contributed by atoms with van der Waals surface area (Å²) in [5.74, 6) is 1.96. The molecule has 27 heavy (non-hydrogen) atoms. The number of piperidine rings is 1. The Morgan fingerprint density at radius 1 is 1.07 bits per heavy atom. The molecule has 0 N–H and O–H groups in total. The Labute approximate surface area is 163 Å². The predicted molar refractivity (Wildman–Crippen MR) is 110 cm³/mol. The molecular formula is C23H34N2O2. The topological polar surface area (TPSA) is 32.8 Å². The average Bonchev–Trinajstić information content (AvgIpc) is 2.87. The summed E-state index contributed by atoms with van der Waals surface area (Å²) < 4.78 is 5.37. The number of carbonyl (C=O) groups excluding carboxylic acids is 1. The van der Waals surface area contributed by atoms with E-state index in [4.69, 9.17) is 4.74 Å². The van der Waals surface area contributed by atoms with E-state index in [2.05, 4.69) is 11.0 Å². The van der Waals surface area contributed by atoms with Gasteiger partial charge in [0.1, 0.15) is 5.75 Å². The third kappa shape index (κ3) is 3.49. The first-order chi connectivity index (χ1) is 13.1. The van der Waals surface area contributed by atoms with Gasteiger partial charge in [0, 0.05) is 19.7 Å². The minimum Gasteiger partial charge on any atom is -0.497 e. The average molecular weight is 371 g/mol. The van der Waals surface area contributed by atoms with Gasteiger partial charge in [-0.2, -0.15) is 0 Å². The van der Waals surface area contributed by atoms with Crippen LogP contribution in [-0.2, 0) is 10.2 Å². The first-order valence-corrected chi connectivity index (χ1v) is 10.8. The van der Waals surface area contributed by atoms with Crippen molar-refractivity contribution in [3.63, 3.8) is 0 Å². The minimum atomic E-state index is -0.312. The number of nitrogens with zero attached hydrogens (tertiary/aromatic N) is 2. The lowest BCUT2D eigenvalue weighted by Gasteiger charge is -2.40. The number of hydrogen-bond acceptors (Lipinski definition) is 3. The smallest absolute Gasteiger partial charge is 0.237 e. The molecule has 1 aliphatic carbocycles. The summed E-state index contributed by atoms with van der Waals surface area (Å²) >= 11 is 0. The number of benzene rings is 1. The van der Waals surface area contributed by atoms with Crippen LogP contribution in [0, 0.1) is 5.92 Å². The molecule has 1 aromatic carbocycles. The number of likely N-dealkylation sites (N-methyl/N-ethyl adjacent to an activating group) is 1. The molecule has 0 bridgehead atoms. The van der Waals surface area contributed by atoms with Gasteiger partial charge in [-0.25, -0.2) is 0 Å². The lowest BCUT2D eigenvalue weighted by molar-refractivity contribution is -0.124. The molecule has 4 heteroatoms. The van der Waals surface area contributed by atoms with E-state index in [1.165, 1.54) is 57.1 Å². The van der Waals surface area contributed by atoms with E-state index in [1.807, 2.05) is 24.1 Å². The van der Waals surface area contributed by atoms with E-state index in [1.54, 1.807) is 7.11 Å². The van der Waals surface area contributed by atoms with Crippen molar-refractivity contribution in [1.82, 2.24) is 4.90 Å². The normalized spacial score (nSPS) is 23.9. The van der Waals surface area contributed by atoms with Crippen molar-refractivity contribution < 1.29 is 9.53 Å². The zero-order valence-electron chi connectivity index (χ0n) is 17.0. The highest BCUT2D eigenvalue weighted by molar-refractivity contribution is 6.08. The van der Waals surface area contributed by atoms with Crippen molar-refractivity contribution in [3.8, 4) is 5.75 Å². The Bertz CT molecular complexity index is 671. The quantitative estimate of drug-likeness (QED) is 0.792. The van der Waals surface area contributed by atoms with Crippen LogP contribution in [-0.4, -0.2) is 44.6 Å². The van der Waals surface area contributed by atoms with Gasteiger partial charge in [-0.1, -0.05) is 38.2 Å². The largest absolute Gasteiger partial charge is 0.497 e. The van der Waals surface area contributed by atoms with Gasteiger partial charge in [0.15, 0.2) is 0 Å². The summed E-state index contributed by atoms with van der Waals surface area (Å²) in [6.45, 7) is 3.32. The first kappa shape index (κ1) is 18.8. The van der Waals surface area contributed by atoms with Gasteiger partial charge in [0.05, 0.1) is 18.2 Å². The molecule has 0 atom stereocenters. The summed E-state index contributed by atoms with van der Waals surface area (Å²) in [4.78, 5) is 17.7. The van der Waals surface area contributed by atoms with Crippen molar-refractivity contribution >= 4 is 11.6 Å². The molecule has 1 aromatic rings. The van der Waals surface area contributed by atoms with Crippen molar-refractivity contribution in [2.75, 3.05) is 38.7 Å². The monoisotopic (exact) mass is 370 g/mol. The zero-order chi connectivity index (χ0) is 18.9. The van der Waals surface area contributed by atoms with Gasteiger partial charge in [-0.05, 0) is 56.3 Å². The molecule has 148 valence electrons. The molecule has 2 fully saturated rings. The number of anilines is 1. The molecule has 4 nitrogen and oxygen atoms in total. The molecule has 0 radical (unpaired) electrons.